The minimum absolute atomic E-state index is 0.0487. The molecule has 0 aliphatic heterocycles. The van der Waals surface area contributed by atoms with E-state index >= 15 is 0 Å². The van der Waals surface area contributed by atoms with E-state index in [1.165, 1.54) is 24.3 Å². The van der Waals surface area contributed by atoms with E-state index in [0.717, 1.165) is 22.4 Å². The van der Waals surface area contributed by atoms with Gasteiger partial charge in [-0.15, -0.1) is 11.3 Å². The van der Waals surface area contributed by atoms with Crippen LogP contribution in [0.25, 0.3) is 6.08 Å². The highest BCUT2D eigenvalue weighted by atomic mass is 32.1. The standard InChI is InChI=1S/C23H22N2O3S/c1-16-7-9-19(10-8-16)11-12-22(27)28-14-20-15-29-23(24-20)25(18(3)26)21-6-4-5-17(2)13-21/h4-13,15H,14H2,1-3H3/b12-11+. The van der Waals surface area contributed by atoms with E-state index in [0.29, 0.717) is 10.8 Å². The first-order valence-electron chi connectivity index (χ1n) is 9.15. The van der Waals surface area contributed by atoms with E-state index in [9.17, 15) is 9.59 Å². The molecule has 0 atom stereocenters. The number of carbonyl (C=O) groups is 2. The molecule has 0 radical (unpaired) electrons. The zero-order valence-corrected chi connectivity index (χ0v) is 17.4. The number of benzene rings is 2. The normalized spacial score (nSPS) is 10.9. The minimum atomic E-state index is -0.442. The number of amides is 1. The highest BCUT2D eigenvalue weighted by Gasteiger charge is 2.18. The molecule has 0 aliphatic rings. The van der Waals surface area contributed by atoms with Crippen LogP contribution in [-0.4, -0.2) is 16.9 Å². The molecule has 3 aromatic rings. The summed E-state index contributed by atoms with van der Waals surface area (Å²) in [4.78, 5) is 30.2. The quantitative estimate of drug-likeness (QED) is 0.417. The van der Waals surface area contributed by atoms with Crippen molar-refractivity contribution in [3.8, 4) is 0 Å². The monoisotopic (exact) mass is 406 g/mol. The van der Waals surface area contributed by atoms with Crippen molar-refractivity contribution < 1.29 is 14.3 Å². The zero-order chi connectivity index (χ0) is 20.8. The first kappa shape index (κ1) is 20.5. The Morgan fingerprint density at radius 2 is 1.86 bits per heavy atom. The van der Waals surface area contributed by atoms with Gasteiger partial charge in [0.2, 0.25) is 5.91 Å². The summed E-state index contributed by atoms with van der Waals surface area (Å²) in [5, 5.41) is 2.34. The highest BCUT2D eigenvalue weighted by Crippen LogP contribution is 2.29. The largest absolute Gasteiger partial charge is 0.456 e. The molecule has 0 aliphatic carbocycles. The Bertz CT molecular complexity index is 1040. The number of aromatic nitrogens is 1. The van der Waals surface area contributed by atoms with Crippen LogP contribution in [0.5, 0.6) is 0 Å². The van der Waals surface area contributed by atoms with Gasteiger partial charge in [0.05, 0.1) is 11.4 Å². The van der Waals surface area contributed by atoms with Gasteiger partial charge in [-0.05, 0) is 43.2 Å². The molecule has 0 unspecified atom stereocenters. The minimum Gasteiger partial charge on any atom is -0.456 e. The fourth-order valence-electron chi connectivity index (χ4n) is 2.69. The molecular weight excluding hydrogens is 384 g/mol. The van der Waals surface area contributed by atoms with Crippen molar-refractivity contribution in [3.63, 3.8) is 0 Å². The van der Waals surface area contributed by atoms with E-state index in [1.54, 1.807) is 16.4 Å². The van der Waals surface area contributed by atoms with Crippen LogP contribution >= 0.6 is 11.3 Å². The van der Waals surface area contributed by atoms with E-state index in [2.05, 4.69) is 4.98 Å². The van der Waals surface area contributed by atoms with Crippen LogP contribution in [0, 0.1) is 13.8 Å². The molecule has 3 rings (SSSR count). The summed E-state index contributed by atoms with van der Waals surface area (Å²) >= 11 is 1.33. The maximum atomic E-state index is 12.2. The molecule has 2 aromatic carbocycles. The molecule has 148 valence electrons. The third-order valence-electron chi connectivity index (χ3n) is 4.16. The average molecular weight is 407 g/mol. The third kappa shape index (κ3) is 5.62. The lowest BCUT2D eigenvalue weighted by molar-refractivity contribution is -0.139. The van der Waals surface area contributed by atoms with Gasteiger partial charge in [-0.2, -0.15) is 0 Å². The Morgan fingerprint density at radius 3 is 2.55 bits per heavy atom. The van der Waals surface area contributed by atoms with Crippen LogP contribution < -0.4 is 4.90 Å². The van der Waals surface area contributed by atoms with E-state index in [4.69, 9.17) is 4.74 Å². The SMILES string of the molecule is CC(=O)N(c1cccc(C)c1)c1nc(COC(=O)/C=C/c2ccc(C)cc2)cs1. The van der Waals surface area contributed by atoms with Crippen LogP contribution in [0.3, 0.4) is 0 Å². The van der Waals surface area contributed by atoms with Gasteiger partial charge in [0.25, 0.3) is 0 Å². The second-order valence-electron chi connectivity index (χ2n) is 6.67. The summed E-state index contributed by atoms with van der Waals surface area (Å²) in [5.74, 6) is -0.572. The van der Waals surface area contributed by atoms with Gasteiger partial charge >= 0.3 is 5.97 Å². The molecule has 5 nitrogen and oxygen atoms in total. The molecule has 0 saturated heterocycles. The number of esters is 1. The number of anilines is 2. The number of hydrogen-bond acceptors (Lipinski definition) is 5. The summed E-state index contributed by atoms with van der Waals surface area (Å²) in [5.41, 5.74) is 4.50. The van der Waals surface area contributed by atoms with Crippen molar-refractivity contribution in [1.82, 2.24) is 4.98 Å². The number of rotatable bonds is 6. The Hall–Kier alpha value is -3.25. The van der Waals surface area contributed by atoms with Crippen LogP contribution in [0.15, 0.2) is 60.0 Å². The van der Waals surface area contributed by atoms with Crippen molar-refractivity contribution in [2.24, 2.45) is 0 Å². The lowest BCUT2D eigenvalue weighted by atomic mass is 10.1. The summed E-state index contributed by atoms with van der Waals surface area (Å²) in [6.07, 6.45) is 3.11. The maximum Gasteiger partial charge on any atom is 0.331 e. The van der Waals surface area contributed by atoms with Gasteiger partial charge in [-0.25, -0.2) is 9.78 Å². The molecule has 0 spiro atoms. The van der Waals surface area contributed by atoms with E-state index in [-0.39, 0.29) is 12.5 Å². The molecule has 0 saturated carbocycles. The van der Waals surface area contributed by atoms with Crippen LogP contribution in [0.2, 0.25) is 0 Å². The number of carbonyl (C=O) groups excluding carboxylic acids is 2. The Kier molecular flexibility index (Phi) is 6.57. The highest BCUT2D eigenvalue weighted by molar-refractivity contribution is 7.14. The van der Waals surface area contributed by atoms with Gasteiger partial charge in [0, 0.05) is 18.4 Å². The molecule has 1 heterocycles. The van der Waals surface area contributed by atoms with Gasteiger partial charge in [-0.1, -0.05) is 42.0 Å². The first-order valence-corrected chi connectivity index (χ1v) is 10.0. The van der Waals surface area contributed by atoms with Crippen molar-refractivity contribution in [2.75, 3.05) is 4.90 Å². The predicted octanol–water partition coefficient (Wildman–Crippen LogP) is 5.20. The van der Waals surface area contributed by atoms with E-state index < -0.39 is 5.97 Å². The molecule has 29 heavy (non-hydrogen) atoms. The number of hydrogen-bond donors (Lipinski definition) is 0. The average Bonchev–Trinajstić information content (AvgIpc) is 3.14. The molecule has 6 heteroatoms. The van der Waals surface area contributed by atoms with Crippen molar-refractivity contribution in [1.29, 1.82) is 0 Å². The van der Waals surface area contributed by atoms with Crippen molar-refractivity contribution in [2.45, 2.75) is 27.4 Å². The van der Waals surface area contributed by atoms with Gasteiger partial charge in [0.15, 0.2) is 5.13 Å². The van der Waals surface area contributed by atoms with Gasteiger partial charge < -0.3 is 4.74 Å². The molecule has 0 bridgehead atoms. The smallest absolute Gasteiger partial charge is 0.331 e. The molecular formula is C23H22N2O3S. The maximum absolute atomic E-state index is 12.2. The zero-order valence-electron chi connectivity index (χ0n) is 16.6. The summed E-state index contributed by atoms with van der Waals surface area (Å²) in [6, 6.07) is 15.5. The van der Waals surface area contributed by atoms with Crippen LogP contribution in [0.4, 0.5) is 10.8 Å². The van der Waals surface area contributed by atoms with Gasteiger partial charge in [-0.3, -0.25) is 9.69 Å². The molecule has 0 N–H and O–H groups in total. The lowest BCUT2D eigenvalue weighted by Gasteiger charge is -2.18. The number of nitrogens with zero attached hydrogens (tertiary/aromatic N) is 2. The second kappa shape index (κ2) is 9.30. The summed E-state index contributed by atoms with van der Waals surface area (Å²) in [7, 11) is 0. The van der Waals surface area contributed by atoms with Crippen molar-refractivity contribution >= 4 is 40.1 Å². The van der Waals surface area contributed by atoms with E-state index in [1.807, 2.05) is 62.4 Å². The Labute approximate surface area is 174 Å². The molecule has 0 fully saturated rings. The van der Waals surface area contributed by atoms with Gasteiger partial charge in [0.1, 0.15) is 6.61 Å². The third-order valence-corrected chi connectivity index (χ3v) is 5.03. The second-order valence-corrected chi connectivity index (χ2v) is 7.50. The first-order chi connectivity index (χ1) is 13.9. The Morgan fingerprint density at radius 1 is 1.10 bits per heavy atom. The fraction of sp³-hybridized carbons (Fsp3) is 0.174. The topological polar surface area (TPSA) is 59.5 Å². The molecule has 1 amide bonds. The van der Waals surface area contributed by atoms with Crippen LogP contribution in [0.1, 0.15) is 29.3 Å². The number of thiazole rings is 1. The van der Waals surface area contributed by atoms with Crippen molar-refractivity contribution in [3.05, 3.63) is 82.4 Å². The predicted molar refractivity (Wildman–Crippen MR) is 116 cm³/mol. The summed E-state index contributed by atoms with van der Waals surface area (Å²) in [6.45, 7) is 5.53. The fourth-order valence-corrected chi connectivity index (χ4v) is 3.57. The Balaban J connectivity index is 1.64. The molecule has 1 aromatic heterocycles. The number of aryl methyl sites for hydroxylation is 2. The summed E-state index contributed by atoms with van der Waals surface area (Å²) < 4.78 is 5.27. The van der Waals surface area contributed by atoms with Crippen LogP contribution in [-0.2, 0) is 20.9 Å². The lowest BCUT2D eigenvalue weighted by Crippen LogP contribution is -2.22. The number of ether oxygens (including phenoxy) is 1.